The highest BCUT2D eigenvalue weighted by Crippen LogP contribution is 2.17. The third-order valence-corrected chi connectivity index (χ3v) is 3.02. The van der Waals surface area contributed by atoms with Crippen LogP contribution in [0, 0.1) is 0 Å². The van der Waals surface area contributed by atoms with E-state index in [-0.39, 0.29) is 6.10 Å². The Morgan fingerprint density at radius 2 is 2.24 bits per heavy atom. The molecule has 0 aromatic carbocycles. The molecule has 1 aromatic rings. The van der Waals surface area contributed by atoms with Crippen molar-refractivity contribution in [3.8, 4) is 5.88 Å². The smallest absolute Gasteiger partial charge is 0.218 e. The first-order valence-electron chi connectivity index (χ1n) is 6.27. The molecule has 17 heavy (non-hydrogen) atoms. The maximum Gasteiger partial charge on any atom is 0.218 e. The number of nitrogens with one attached hydrogen (secondary N) is 1. The van der Waals surface area contributed by atoms with E-state index in [0.717, 1.165) is 38.4 Å². The van der Waals surface area contributed by atoms with Crippen LogP contribution in [0.3, 0.4) is 0 Å². The van der Waals surface area contributed by atoms with Crippen LogP contribution >= 0.6 is 0 Å². The zero-order valence-corrected chi connectivity index (χ0v) is 10.5. The van der Waals surface area contributed by atoms with E-state index in [1.807, 2.05) is 6.07 Å². The van der Waals surface area contributed by atoms with Crippen molar-refractivity contribution in [2.24, 2.45) is 0 Å². The second-order valence-corrected chi connectivity index (χ2v) is 4.12. The van der Waals surface area contributed by atoms with Crippen LogP contribution in [0.1, 0.15) is 20.3 Å². The van der Waals surface area contributed by atoms with Gasteiger partial charge in [0.1, 0.15) is 18.2 Å². The average Bonchev–Trinajstić information content (AvgIpc) is 2.84. The molecule has 1 aliphatic rings. The monoisotopic (exact) mass is 236 g/mol. The molecule has 0 saturated carbocycles. The van der Waals surface area contributed by atoms with E-state index in [1.165, 1.54) is 0 Å². The lowest BCUT2D eigenvalue weighted by molar-refractivity contribution is 0.213. The van der Waals surface area contributed by atoms with Crippen LogP contribution in [0.5, 0.6) is 5.88 Å². The number of ether oxygens (including phenoxy) is 1. The van der Waals surface area contributed by atoms with Gasteiger partial charge in [0.05, 0.1) is 0 Å². The quantitative estimate of drug-likeness (QED) is 0.828. The minimum atomic E-state index is 0.245. The van der Waals surface area contributed by atoms with Crippen LogP contribution in [0.25, 0.3) is 0 Å². The van der Waals surface area contributed by atoms with E-state index in [0.29, 0.717) is 5.88 Å². The van der Waals surface area contributed by atoms with Gasteiger partial charge in [0.2, 0.25) is 5.88 Å². The molecule has 0 radical (unpaired) electrons. The summed E-state index contributed by atoms with van der Waals surface area (Å²) in [4.78, 5) is 10.6. The van der Waals surface area contributed by atoms with Gasteiger partial charge in [-0.15, -0.1) is 0 Å². The average molecular weight is 236 g/mol. The Bertz CT molecular complexity index is 348. The molecule has 0 amide bonds. The first-order valence-corrected chi connectivity index (χ1v) is 6.27. The van der Waals surface area contributed by atoms with Crippen LogP contribution in [-0.2, 0) is 0 Å². The van der Waals surface area contributed by atoms with Crippen molar-refractivity contribution in [3.63, 3.8) is 0 Å². The topological polar surface area (TPSA) is 50.3 Å². The highest BCUT2D eigenvalue weighted by Gasteiger charge is 2.17. The van der Waals surface area contributed by atoms with Gasteiger partial charge in [-0.05, 0) is 26.8 Å². The number of anilines is 1. The van der Waals surface area contributed by atoms with Gasteiger partial charge in [-0.1, -0.05) is 0 Å². The molecule has 0 spiro atoms. The summed E-state index contributed by atoms with van der Waals surface area (Å²) < 4.78 is 5.81. The molecular weight excluding hydrogens is 216 g/mol. The van der Waals surface area contributed by atoms with Crippen molar-refractivity contribution < 1.29 is 4.74 Å². The fraction of sp³-hybridized carbons (Fsp3) is 0.667. The second kappa shape index (κ2) is 5.82. The van der Waals surface area contributed by atoms with Crippen LogP contribution in [0.2, 0.25) is 0 Å². The molecule has 1 saturated heterocycles. The first kappa shape index (κ1) is 12.1. The summed E-state index contributed by atoms with van der Waals surface area (Å²) in [6, 6.07) is 1.92. The van der Waals surface area contributed by atoms with E-state index < -0.39 is 0 Å². The molecule has 5 nitrogen and oxygen atoms in total. The van der Waals surface area contributed by atoms with E-state index >= 15 is 0 Å². The van der Waals surface area contributed by atoms with Gasteiger partial charge in [-0.3, -0.25) is 0 Å². The maximum absolute atomic E-state index is 5.81. The van der Waals surface area contributed by atoms with Gasteiger partial charge >= 0.3 is 0 Å². The summed E-state index contributed by atoms with van der Waals surface area (Å²) in [7, 11) is 0. The second-order valence-electron chi connectivity index (χ2n) is 4.12. The predicted octanol–water partition coefficient (Wildman–Crippen LogP) is 1.06. The number of rotatable bonds is 5. The van der Waals surface area contributed by atoms with E-state index in [1.54, 1.807) is 6.33 Å². The van der Waals surface area contributed by atoms with Gasteiger partial charge in [-0.2, -0.15) is 0 Å². The third kappa shape index (κ3) is 3.06. The lowest BCUT2D eigenvalue weighted by Crippen LogP contribution is -2.24. The Morgan fingerprint density at radius 3 is 2.88 bits per heavy atom. The number of hydrogen-bond acceptors (Lipinski definition) is 5. The fourth-order valence-electron chi connectivity index (χ4n) is 2.01. The van der Waals surface area contributed by atoms with Crippen LogP contribution in [0.4, 0.5) is 5.82 Å². The summed E-state index contributed by atoms with van der Waals surface area (Å²) in [6.45, 7) is 8.05. The Labute approximate surface area is 102 Å². The van der Waals surface area contributed by atoms with Crippen molar-refractivity contribution in [3.05, 3.63) is 12.4 Å². The SMILES string of the molecule is CCN(CC)c1cc(O[C@@H]2CCNC2)ncn1. The highest BCUT2D eigenvalue weighted by atomic mass is 16.5. The van der Waals surface area contributed by atoms with Crippen LogP contribution in [0.15, 0.2) is 12.4 Å². The number of nitrogens with zero attached hydrogens (tertiary/aromatic N) is 3. The predicted molar refractivity (Wildman–Crippen MR) is 67.5 cm³/mol. The van der Waals surface area contributed by atoms with Gasteiger partial charge in [0.25, 0.3) is 0 Å². The van der Waals surface area contributed by atoms with Gasteiger partial charge in [0.15, 0.2) is 0 Å². The molecule has 1 fully saturated rings. The molecule has 2 rings (SSSR count). The molecule has 5 heteroatoms. The Hall–Kier alpha value is -1.36. The molecular formula is C12H20N4O. The molecule has 1 N–H and O–H groups in total. The largest absolute Gasteiger partial charge is 0.473 e. The molecule has 1 atom stereocenters. The van der Waals surface area contributed by atoms with Gasteiger partial charge < -0.3 is 15.0 Å². The molecule has 1 aliphatic heterocycles. The molecule has 0 unspecified atom stereocenters. The lowest BCUT2D eigenvalue weighted by Gasteiger charge is -2.20. The Kier molecular flexibility index (Phi) is 4.14. The zero-order chi connectivity index (χ0) is 12.1. The Balaban J connectivity index is 2.04. The highest BCUT2D eigenvalue weighted by molar-refractivity contribution is 5.40. The van der Waals surface area contributed by atoms with Crippen LogP contribution < -0.4 is 15.0 Å². The third-order valence-electron chi connectivity index (χ3n) is 3.02. The standard InChI is InChI=1S/C12H20N4O/c1-3-16(4-2)11-7-12(15-9-14-11)17-10-5-6-13-8-10/h7,9-10,13H,3-6,8H2,1-2H3/t10-/m1/s1. The fourth-order valence-corrected chi connectivity index (χ4v) is 2.01. The molecule has 0 bridgehead atoms. The van der Waals surface area contributed by atoms with E-state index in [9.17, 15) is 0 Å². The van der Waals surface area contributed by atoms with Crippen molar-refractivity contribution in [1.82, 2.24) is 15.3 Å². The number of aromatic nitrogens is 2. The van der Waals surface area contributed by atoms with Gasteiger partial charge in [-0.25, -0.2) is 9.97 Å². The lowest BCUT2D eigenvalue weighted by atomic mass is 10.3. The van der Waals surface area contributed by atoms with E-state index in [4.69, 9.17) is 4.74 Å². The maximum atomic E-state index is 5.81. The van der Waals surface area contributed by atoms with Crippen molar-refractivity contribution in [2.75, 3.05) is 31.1 Å². The number of hydrogen-bond donors (Lipinski definition) is 1. The molecule has 0 aliphatic carbocycles. The summed E-state index contributed by atoms with van der Waals surface area (Å²) in [5, 5.41) is 3.27. The molecule has 1 aromatic heterocycles. The van der Waals surface area contributed by atoms with Crippen molar-refractivity contribution in [1.29, 1.82) is 0 Å². The first-order chi connectivity index (χ1) is 8.33. The summed E-state index contributed by atoms with van der Waals surface area (Å²) >= 11 is 0. The summed E-state index contributed by atoms with van der Waals surface area (Å²) in [5.74, 6) is 1.61. The van der Waals surface area contributed by atoms with Crippen molar-refractivity contribution in [2.45, 2.75) is 26.4 Å². The molecule has 94 valence electrons. The van der Waals surface area contributed by atoms with Crippen LogP contribution in [-0.4, -0.2) is 42.3 Å². The minimum Gasteiger partial charge on any atom is -0.473 e. The zero-order valence-electron chi connectivity index (χ0n) is 10.5. The summed E-state index contributed by atoms with van der Waals surface area (Å²) in [5.41, 5.74) is 0. The minimum absolute atomic E-state index is 0.245. The summed E-state index contributed by atoms with van der Waals surface area (Å²) in [6.07, 6.45) is 2.87. The van der Waals surface area contributed by atoms with E-state index in [2.05, 4.69) is 34.0 Å². The Morgan fingerprint density at radius 1 is 1.41 bits per heavy atom. The normalized spacial score (nSPS) is 19.3. The van der Waals surface area contributed by atoms with Gasteiger partial charge in [0, 0.05) is 25.7 Å². The molecule has 2 heterocycles. The van der Waals surface area contributed by atoms with Crippen molar-refractivity contribution >= 4 is 5.82 Å².